The summed E-state index contributed by atoms with van der Waals surface area (Å²) in [5.41, 5.74) is 2.83. The van der Waals surface area contributed by atoms with Gasteiger partial charge in [0.15, 0.2) is 0 Å². The van der Waals surface area contributed by atoms with E-state index in [1.807, 2.05) is 36.4 Å². The fourth-order valence-corrected chi connectivity index (χ4v) is 2.04. The second-order valence-electron chi connectivity index (χ2n) is 4.41. The Morgan fingerprint density at radius 2 is 1.75 bits per heavy atom. The van der Waals surface area contributed by atoms with Crippen LogP contribution in [0.3, 0.4) is 0 Å². The van der Waals surface area contributed by atoms with E-state index in [1.165, 1.54) is 0 Å². The summed E-state index contributed by atoms with van der Waals surface area (Å²) in [4.78, 5) is 11.6. The Morgan fingerprint density at radius 3 is 2.40 bits per heavy atom. The number of hydrogen-bond donors (Lipinski definition) is 0. The van der Waals surface area contributed by atoms with Gasteiger partial charge in [-0.2, -0.15) is 0 Å². The number of carbonyl (C=O) groups is 1. The van der Waals surface area contributed by atoms with Gasteiger partial charge in [0.05, 0.1) is 19.3 Å². The van der Waals surface area contributed by atoms with Gasteiger partial charge in [0.25, 0.3) is 0 Å². The van der Waals surface area contributed by atoms with Crippen molar-refractivity contribution in [2.24, 2.45) is 0 Å². The third kappa shape index (κ3) is 3.38. The summed E-state index contributed by atoms with van der Waals surface area (Å²) in [5, 5.41) is 0. The average molecular weight is 270 g/mol. The minimum atomic E-state index is -0.281. The van der Waals surface area contributed by atoms with E-state index >= 15 is 0 Å². The second-order valence-corrected chi connectivity index (χ2v) is 4.41. The Bertz CT molecular complexity index is 573. The Hall–Kier alpha value is -2.29. The van der Waals surface area contributed by atoms with Crippen LogP contribution in [0.5, 0.6) is 5.75 Å². The molecule has 0 spiro atoms. The van der Waals surface area contributed by atoms with Crippen LogP contribution < -0.4 is 4.74 Å². The summed E-state index contributed by atoms with van der Waals surface area (Å²) < 4.78 is 10.3. The molecule has 20 heavy (non-hydrogen) atoms. The molecule has 2 aromatic rings. The maximum absolute atomic E-state index is 11.6. The Balaban J connectivity index is 2.13. The predicted octanol–water partition coefficient (Wildman–Crippen LogP) is 3.46. The van der Waals surface area contributed by atoms with Crippen LogP contribution >= 0.6 is 0 Å². The number of para-hydroxylation sites is 1. The van der Waals surface area contributed by atoms with Gasteiger partial charge in [-0.05, 0) is 36.2 Å². The predicted molar refractivity (Wildman–Crippen MR) is 78.2 cm³/mol. The van der Waals surface area contributed by atoms with Crippen LogP contribution in [0.25, 0.3) is 0 Å². The molecule has 0 heterocycles. The zero-order valence-electron chi connectivity index (χ0n) is 11.8. The van der Waals surface area contributed by atoms with Crippen molar-refractivity contribution < 1.29 is 14.3 Å². The van der Waals surface area contributed by atoms with Crippen LogP contribution in [0.1, 0.15) is 28.4 Å². The second kappa shape index (κ2) is 6.75. The van der Waals surface area contributed by atoms with Crippen molar-refractivity contribution in [1.82, 2.24) is 0 Å². The lowest BCUT2D eigenvalue weighted by molar-refractivity contribution is 0.0526. The van der Waals surface area contributed by atoms with E-state index in [9.17, 15) is 4.79 Å². The summed E-state index contributed by atoms with van der Waals surface area (Å²) in [7, 11) is 1.67. The smallest absolute Gasteiger partial charge is 0.338 e. The minimum Gasteiger partial charge on any atom is -0.496 e. The monoisotopic (exact) mass is 270 g/mol. The summed E-state index contributed by atoms with van der Waals surface area (Å²) >= 11 is 0. The van der Waals surface area contributed by atoms with Gasteiger partial charge in [-0.25, -0.2) is 4.79 Å². The number of methoxy groups -OCH3 is 1. The zero-order chi connectivity index (χ0) is 14.4. The lowest BCUT2D eigenvalue weighted by Gasteiger charge is -2.08. The van der Waals surface area contributed by atoms with Crippen LogP contribution in [0.15, 0.2) is 48.5 Å². The topological polar surface area (TPSA) is 35.5 Å². The van der Waals surface area contributed by atoms with Crippen LogP contribution in [-0.2, 0) is 11.2 Å². The van der Waals surface area contributed by atoms with Crippen LogP contribution in [0.2, 0.25) is 0 Å². The van der Waals surface area contributed by atoms with Crippen molar-refractivity contribution >= 4 is 5.97 Å². The normalized spacial score (nSPS) is 10.1. The molecular formula is C17H18O3. The minimum absolute atomic E-state index is 0.281. The molecule has 0 aromatic heterocycles. The summed E-state index contributed by atoms with van der Waals surface area (Å²) in [6.45, 7) is 2.19. The average Bonchev–Trinajstić information content (AvgIpc) is 2.49. The molecule has 0 aliphatic rings. The highest BCUT2D eigenvalue weighted by atomic mass is 16.5. The molecule has 0 radical (unpaired) electrons. The quantitative estimate of drug-likeness (QED) is 0.780. The molecule has 0 bridgehead atoms. The van der Waals surface area contributed by atoms with E-state index in [0.717, 1.165) is 23.3 Å². The number of carbonyl (C=O) groups excluding carboxylic acids is 1. The highest BCUT2D eigenvalue weighted by Gasteiger charge is 2.07. The lowest BCUT2D eigenvalue weighted by atomic mass is 10.0. The SMILES string of the molecule is CCOC(=O)c1ccc(Cc2ccccc2OC)cc1. The van der Waals surface area contributed by atoms with Crippen LogP contribution in [0, 0.1) is 0 Å². The molecule has 104 valence electrons. The number of hydrogen-bond acceptors (Lipinski definition) is 3. The van der Waals surface area contributed by atoms with Crippen molar-refractivity contribution in [3.63, 3.8) is 0 Å². The maximum Gasteiger partial charge on any atom is 0.338 e. The van der Waals surface area contributed by atoms with Crippen molar-refractivity contribution in [1.29, 1.82) is 0 Å². The van der Waals surface area contributed by atoms with Gasteiger partial charge in [-0.15, -0.1) is 0 Å². The molecule has 0 aliphatic carbocycles. The van der Waals surface area contributed by atoms with E-state index in [1.54, 1.807) is 26.2 Å². The van der Waals surface area contributed by atoms with Crippen LogP contribution in [-0.4, -0.2) is 19.7 Å². The van der Waals surface area contributed by atoms with E-state index in [-0.39, 0.29) is 5.97 Å². The first-order valence-corrected chi connectivity index (χ1v) is 6.62. The molecule has 0 unspecified atom stereocenters. The third-order valence-electron chi connectivity index (χ3n) is 3.05. The number of benzene rings is 2. The van der Waals surface area contributed by atoms with Crippen molar-refractivity contribution in [2.45, 2.75) is 13.3 Å². The fourth-order valence-electron chi connectivity index (χ4n) is 2.04. The van der Waals surface area contributed by atoms with E-state index in [2.05, 4.69) is 0 Å². The molecule has 3 nitrogen and oxygen atoms in total. The number of rotatable bonds is 5. The molecule has 0 atom stereocenters. The van der Waals surface area contributed by atoms with Crippen molar-refractivity contribution in [3.8, 4) is 5.75 Å². The lowest BCUT2D eigenvalue weighted by Crippen LogP contribution is -2.04. The van der Waals surface area contributed by atoms with Crippen molar-refractivity contribution in [3.05, 3.63) is 65.2 Å². The number of esters is 1. The molecule has 0 saturated heterocycles. The summed E-state index contributed by atoms with van der Waals surface area (Å²) in [6, 6.07) is 15.4. The van der Waals surface area contributed by atoms with E-state index < -0.39 is 0 Å². The molecule has 0 aliphatic heterocycles. The summed E-state index contributed by atoms with van der Waals surface area (Å²) in [5.74, 6) is 0.596. The first-order valence-electron chi connectivity index (χ1n) is 6.62. The maximum atomic E-state index is 11.6. The van der Waals surface area contributed by atoms with Gasteiger partial charge in [-0.3, -0.25) is 0 Å². The first kappa shape index (κ1) is 14.1. The first-order chi connectivity index (χ1) is 9.74. The van der Waals surface area contributed by atoms with Gasteiger partial charge >= 0.3 is 5.97 Å². The van der Waals surface area contributed by atoms with Gasteiger partial charge in [-0.1, -0.05) is 30.3 Å². The molecule has 2 aromatic carbocycles. The largest absolute Gasteiger partial charge is 0.496 e. The van der Waals surface area contributed by atoms with Gasteiger partial charge in [0.1, 0.15) is 5.75 Å². The molecule has 2 rings (SSSR count). The highest BCUT2D eigenvalue weighted by molar-refractivity contribution is 5.89. The zero-order valence-corrected chi connectivity index (χ0v) is 11.8. The Morgan fingerprint density at radius 1 is 1.05 bits per heavy atom. The van der Waals surface area contributed by atoms with Crippen molar-refractivity contribution in [2.75, 3.05) is 13.7 Å². The molecule has 0 fully saturated rings. The fraction of sp³-hybridized carbons (Fsp3) is 0.235. The highest BCUT2D eigenvalue weighted by Crippen LogP contribution is 2.21. The molecule has 0 amide bonds. The summed E-state index contributed by atoms with van der Waals surface area (Å²) in [6.07, 6.45) is 0.771. The van der Waals surface area contributed by atoms with E-state index in [4.69, 9.17) is 9.47 Å². The molecule has 3 heteroatoms. The van der Waals surface area contributed by atoms with Gasteiger partial charge in [0.2, 0.25) is 0 Å². The third-order valence-corrected chi connectivity index (χ3v) is 3.05. The molecule has 0 N–H and O–H groups in total. The Labute approximate surface area is 119 Å². The Kier molecular flexibility index (Phi) is 4.77. The van der Waals surface area contributed by atoms with Crippen LogP contribution in [0.4, 0.5) is 0 Å². The van der Waals surface area contributed by atoms with Gasteiger partial charge < -0.3 is 9.47 Å². The molecule has 0 saturated carbocycles. The van der Waals surface area contributed by atoms with Gasteiger partial charge in [0, 0.05) is 6.42 Å². The standard InChI is InChI=1S/C17H18O3/c1-3-20-17(18)14-10-8-13(9-11-14)12-15-6-4-5-7-16(15)19-2/h4-11H,3,12H2,1-2H3. The number of ether oxygens (including phenoxy) is 2. The molecular weight excluding hydrogens is 252 g/mol. The van der Waals surface area contributed by atoms with E-state index in [0.29, 0.717) is 12.2 Å².